The van der Waals surface area contributed by atoms with Gasteiger partial charge in [-0.15, -0.1) is 0 Å². The zero-order chi connectivity index (χ0) is 35.0. The summed E-state index contributed by atoms with van der Waals surface area (Å²) in [7, 11) is 0. The Balaban J connectivity index is 1.32. The standard InChI is InChI=1S/C36H40F3N7O3/c1-3-26-22-40-21-24(2)33(26)43-35(49)42-31-20-30(44-46(34(31)48)23-36(37,38)39)29-9-7-8-28(19-29)27-12-10-25(11-13-27)18-32(47)41-14-17-45-15-5-4-6-16-45/h7-13,19-22H,3-6,14-18,23H2,1-2H3,(H,41,47)(H2,40,42,43,49). The van der Waals surface area contributed by atoms with Crippen molar-refractivity contribution in [3.05, 3.63) is 94.0 Å². The van der Waals surface area contributed by atoms with E-state index >= 15 is 0 Å². The number of halogens is 3. The molecule has 0 aliphatic carbocycles. The Morgan fingerprint density at radius 3 is 2.37 bits per heavy atom. The van der Waals surface area contributed by atoms with Crippen molar-refractivity contribution in [3.63, 3.8) is 0 Å². The van der Waals surface area contributed by atoms with Gasteiger partial charge in [0.05, 0.1) is 17.8 Å². The van der Waals surface area contributed by atoms with E-state index in [4.69, 9.17) is 0 Å². The third-order valence-electron chi connectivity index (χ3n) is 8.39. The number of alkyl halides is 3. The van der Waals surface area contributed by atoms with Gasteiger partial charge in [0.1, 0.15) is 12.2 Å². The molecule has 1 fully saturated rings. The summed E-state index contributed by atoms with van der Waals surface area (Å²) in [6.07, 6.45) is 2.95. The maximum atomic E-state index is 13.5. The molecule has 1 aliphatic heterocycles. The molecule has 1 aliphatic rings. The van der Waals surface area contributed by atoms with Gasteiger partial charge in [-0.1, -0.05) is 55.8 Å². The van der Waals surface area contributed by atoms with Crippen LogP contribution in [-0.2, 0) is 24.2 Å². The number of carbonyl (C=O) groups is 2. The monoisotopic (exact) mass is 675 g/mol. The first-order chi connectivity index (χ1) is 23.5. The molecule has 0 spiro atoms. The number of hydrogen-bond acceptors (Lipinski definition) is 6. The fourth-order valence-electron chi connectivity index (χ4n) is 5.84. The van der Waals surface area contributed by atoms with Gasteiger partial charge in [-0.2, -0.15) is 18.3 Å². The number of aryl methyl sites for hydroxylation is 2. The summed E-state index contributed by atoms with van der Waals surface area (Å²) in [6.45, 7) is 5.63. The third-order valence-corrected chi connectivity index (χ3v) is 8.39. The normalized spacial score (nSPS) is 13.6. The summed E-state index contributed by atoms with van der Waals surface area (Å²) < 4.78 is 40.7. The number of nitrogens with zero attached hydrogens (tertiary/aromatic N) is 4. The van der Waals surface area contributed by atoms with Gasteiger partial charge in [-0.3, -0.25) is 14.6 Å². The summed E-state index contributed by atoms with van der Waals surface area (Å²) in [5.74, 6) is -0.0494. The first-order valence-electron chi connectivity index (χ1n) is 16.4. The first kappa shape index (κ1) is 35.3. The van der Waals surface area contributed by atoms with Crippen molar-refractivity contribution < 1.29 is 22.8 Å². The van der Waals surface area contributed by atoms with Crippen molar-refractivity contribution in [1.82, 2.24) is 25.0 Å². The first-order valence-corrected chi connectivity index (χ1v) is 16.4. The number of anilines is 2. The van der Waals surface area contributed by atoms with Gasteiger partial charge in [0.15, 0.2) is 0 Å². The number of aromatic nitrogens is 3. The van der Waals surface area contributed by atoms with Crippen molar-refractivity contribution in [1.29, 1.82) is 0 Å². The van der Waals surface area contributed by atoms with Crippen molar-refractivity contribution >= 4 is 23.3 Å². The van der Waals surface area contributed by atoms with Crippen LogP contribution in [-0.4, -0.2) is 64.0 Å². The highest BCUT2D eigenvalue weighted by Gasteiger charge is 2.30. The minimum Gasteiger partial charge on any atom is -0.355 e. The van der Waals surface area contributed by atoms with Crippen molar-refractivity contribution in [2.45, 2.75) is 58.7 Å². The van der Waals surface area contributed by atoms with Crippen LogP contribution in [0.3, 0.4) is 0 Å². The van der Waals surface area contributed by atoms with Crippen LogP contribution in [0.1, 0.15) is 42.9 Å². The van der Waals surface area contributed by atoms with Crippen LogP contribution in [0.2, 0.25) is 0 Å². The minimum absolute atomic E-state index is 0.0494. The number of benzene rings is 2. The average Bonchev–Trinajstić information content (AvgIpc) is 3.07. The lowest BCUT2D eigenvalue weighted by Crippen LogP contribution is -2.38. The highest BCUT2D eigenvalue weighted by molar-refractivity contribution is 6.00. The van der Waals surface area contributed by atoms with Gasteiger partial charge >= 0.3 is 12.2 Å². The highest BCUT2D eigenvalue weighted by atomic mass is 19.4. The summed E-state index contributed by atoms with van der Waals surface area (Å²) in [6, 6.07) is 14.9. The van der Waals surface area contributed by atoms with Crippen LogP contribution < -0.4 is 21.5 Å². The maximum absolute atomic E-state index is 13.5. The molecular weight excluding hydrogens is 635 g/mol. The van der Waals surface area contributed by atoms with Crippen LogP contribution in [0.25, 0.3) is 22.4 Å². The lowest BCUT2D eigenvalue weighted by atomic mass is 9.99. The van der Waals surface area contributed by atoms with Gasteiger partial charge in [0.2, 0.25) is 5.91 Å². The van der Waals surface area contributed by atoms with E-state index < -0.39 is 24.3 Å². The molecule has 3 amide bonds. The SMILES string of the molecule is CCc1cncc(C)c1NC(=O)Nc1cc(-c2cccc(-c3ccc(CC(=O)NCCN4CCCCC4)cc3)c2)nn(CC(F)(F)F)c1=O. The van der Waals surface area contributed by atoms with Crippen LogP contribution in [0.15, 0.2) is 71.8 Å². The molecule has 0 radical (unpaired) electrons. The summed E-state index contributed by atoms with van der Waals surface area (Å²) in [5.41, 5.74) is 3.41. The molecule has 0 bridgehead atoms. The van der Waals surface area contributed by atoms with Crippen molar-refractivity contribution in [2.75, 3.05) is 36.8 Å². The zero-order valence-electron chi connectivity index (χ0n) is 27.6. The van der Waals surface area contributed by atoms with E-state index in [1.54, 1.807) is 37.5 Å². The molecule has 2 aromatic heterocycles. The van der Waals surface area contributed by atoms with Crippen molar-refractivity contribution in [3.8, 4) is 22.4 Å². The molecule has 4 aromatic rings. The number of piperidine rings is 1. The van der Waals surface area contributed by atoms with Crippen LogP contribution in [0, 0.1) is 6.92 Å². The van der Waals surface area contributed by atoms with E-state index in [2.05, 4.69) is 30.9 Å². The van der Waals surface area contributed by atoms with E-state index in [9.17, 15) is 27.6 Å². The molecule has 49 heavy (non-hydrogen) atoms. The molecule has 5 rings (SSSR count). The molecule has 0 unspecified atom stereocenters. The largest absolute Gasteiger partial charge is 0.408 e. The predicted octanol–water partition coefficient (Wildman–Crippen LogP) is 6.19. The number of carbonyl (C=O) groups excluding carboxylic acids is 2. The number of nitrogens with one attached hydrogen (secondary N) is 3. The van der Waals surface area contributed by atoms with Gasteiger partial charge in [-0.05, 0) is 79.2 Å². The molecule has 3 heterocycles. The second-order valence-electron chi connectivity index (χ2n) is 12.2. The Labute approximate surface area is 282 Å². The van der Waals surface area contributed by atoms with Gasteiger partial charge < -0.3 is 20.9 Å². The van der Waals surface area contributed by atoms with E-state index in [0.717, 1.165) is 41.9 Å². The second kappa shape index (κ2) is 15.9. The summed E-state index contributed by atoms with van der Waals surface area (Å²) in [5, 5.41) is 12.1. The number of hydrogen-bond donors (Lipinski definition) is 3. The topological polar surface area (TPSA) is 121 Å². The Morgan fingerprint density at radius 2 is 1.65 bits per heavy atom. The van der Waals surface area contributed by atoms with Crippen LogP contribution in [0.5, 0.6) is 0 Å². The molecule has 3 N–H and O–H groups in total. The fourth-order valence-corrected chi connectivity index (χ4v) is 5.84. The molecule has 0 atom stereocenters. The molecule has 258 valence electrons. The van der Waals surface area contributed by atoms with Crippen LogP contribution in [0.4, 0.5) is 29.3 Å². The Bertz CT molecular complexity index is 1840. The summed E-state index contributed by atoms with van der Waals surface area (Å²) in [4.78, 5) is 45.0. The average molecular weight is 676 g/mol. The number of pyridine rings is 1. The molecule has 0 saturated carbocycles. The minimum atomic E-state index is -4.73. The highest BCUT2D eigenvalue weighted by Crippen LogP contribution is 2.27. The predicted molar refractivity (Wildman–Crippen MR) is 183 cm³/mol. The lowest BCUT2D eigenvalue weighted by Gasteiger charge is -2.26. The van der Waals surface area contributed by atoms with Gasteiger partial charge in [0.25, 0.3) is 5.56 Å². The third kappa shape index (κ3) is 9.75. The molecular formula is C36H40F3N7O3. The fraction of sp³-hybridized carbons (Fsp3) is 0.361. The number of urea groups is 1. The molecule has 1 saturated heterocycles. The summed E-state index contributed by atoms with van der Waals surface area (Å²) >= 11 is 0. The van der Waals surface area contributed by atoms with E-state index in [-0.39, 0.29) is 23.7 Å². The molecule has 2 aromatic carbocycles. The Morgan fingerprint density at radius 1 is 0.918 bits per heavy atom. The zero-order valence-corrected chi connectivity index (χ0v) is 27.6. The Kier molecular flexibility index (Phi) is 11.4. The van der Waals surface area contributed by atoms with E-state index in [0.29, 0.717) is 34.5 Å². The number of rotatable bonds is 11. The Hall–Kier alpha value is -5.04. The number of likely N-dealkylation sites (tertiary alicyclic amines) is 1. The smallest absolute Gasteiger partial charge is 0.355 e. The lowest BCUT2D eigenvalue weighted by molar-refractivity contribution is -0.143. The quantitative estimate of drug-likeness (QED) is 0.174. The molecule has 10 nitrogen and oxygen atoms in total. The van der Waals surface area contributed by atoms with Crippen LogP contribution >= 0.6 is 0 Å². The maximum Gasteiger partial charge on any atom is 0.408 e. The number of amides is 3. The second-order valence-corrected chi connectivity index (χ2v) is 12.2. The van der Waals surface area contributed by atoms with Gasteiger partial charge in [0, 0.05) is 31.0 Å². The molecule has 13 heteroatoms. The van der Waals surface area contributed by atoms with Crippen molar-refractivity contribution in [2.24, 2.45) is 0 Å². The van der Waals surface area contributed by atoms with E-state index in [1.165, 1.54) is 25.3 Å². The van der Waals surface area contributed by atoms with Gasteiger partial charge in [-0.25, -0.2) is 9.48 Å². The van der Waals surface area contributed by atoms with E-state index in [1.807, 2.05) is 37.3 Å².